The van der Waals surface area contributed by atoms with E-state index in [4.69, 9.17) is 0 Å². The van der Waals surface area contributed by atoms with Gasteiger partial charge in [-0.25, -0.2) is 13.6 Å². The molecule has 0 saturated heterocycles. The summed E-state index contributed by atoms with van der Waals surface area (Å²) < 4.78 is 26.8. The molecule has 2 rings (SSSR count). The molecule has 0 saturated carbocycles. The zero-order valence-electron chi connectivity index (χ0n) is 11.8. The fraction of sp³-hybridized carbons (Fsp3) is 0.188. The van der Waals surface area contributed by atoms with Crippen LogP contribution >= 0.6 is 0 Å². The normalized spacial score (nSPS) is 10.5. The van der Waals surface area contributed by atoms with Crippen LogP contribution in [-0.2, 0) is 0 Å². The molecule has 0 aliphatic heterocycles. The summed E-state index contributed by atoms with van der Waals surface area (Å²) in [5, 5.41) is 4.69. The maximum Gasteiger partial charge on any atom is 0.323 e. The largest absolute Gasteiger partial charge is 0.323 e. The van der Waals surface area contributed by atoms with Gasteiger partial charge in [0.05, 0.1) is 0 Å². The second-order valence-corrected chi connectivity index (χ2v) is 4.95. The Hall–Kier alpha value is -2.43. The number of carbonyl (C=O) groups excluding carboxylic acids is 1. The van der Waals surface area contributed by atoms with Gasteiger partial charge in [0, 0.05) is 5.69 Å². The Kier molecular flexibility index (Phi) is 4.52. The minimum atomic E-state index is -0.819. The first-order valence-electron chi connectivity index (χ1n) is 6.59. The van der Waals surface area contributed by atoms with E-state index in [1.807, 2.05) is 12.1 Å². The highest BCUT2D eigenvalue weighted by Gasteiger charge is 2.11. The highest BCUT2D eigenvalue weighted by Crippen LogP contribution is 2.19. The average Bonchev–Trinajstić information content (AvgIpc) is 2.43. The number of rotatable bonds is 3. The SMILES string of the molecule is CC(C)c1ccc(NC(=O)Nc2c(F)cccc2F)cc1. The van der Waals surface area contributed by atoms with Crippen LogP contribution < -0.4 is 10.6 Å². The number of para-hydroxylation sites is 1. The average molecular weight is 290 g/mol. The van der Waals surface area contributed by atoms with Gasteiger partial charge in [0.2, 0.25) is 0 Å². The van der Waals surface area contributed by atoms with Crippen molar-refractivity contribution >= 4 is 17.4 Å². The topological polar surface area (TPSA) is 41.1 Å². The number of anilines is 2. The molecule has 0 fully saturated rings. The Morgan fingerprint density at radius 2 is 1.52 bits per heavy atom. The van der Waals surface area contributed by atoms with Crippen LogP contribution in [0.4, 0.5) is 25.0 Å². The summed E-state index contributed by atoms with van der Waals surface area (Å²) >= 11 is 0. The molecule has 0 aliphatic rings. The zero-order valence-corrected chi connectivity index (χ0v) is 11.8. The number of hydrogen-bond acceptors (Lipinski definition) is 1. The monoisotopic (exact) mass is 290 g/mol. The summed E-state index contributed by atoms with van der Waals surface area (Å²) in [5.74, 6) is -1.25. The molecule has 21 heavy (non-hydrogen) atoms. The molecular formula is C16H16F2N2O. The molecule has 0 spiro atoms. The number of carbonyl (C=O) groups is 1. The molecule has 0 heterocycles. The Labute approximate surface area is 122 Å². The number of halogens is 2. The van der Waals surface area contributed by atoms with Crippen LogP contribution in [-0.4, -0.2) is 6.03 Å². The second kappa shape index (κ2) is 6.35. The summed E-state index contributed by atoms with van der Waals surface area (Å²) in [5.41, 5.74) is 1.23. The molecule has 2 amide bonds. The van der Waals surface area contributed by atoms with Gasteiger partial charge in [0.1, 0.15) is 17.3 Å². The zero-order chi connectivity index (χ0) is 15.4. The van der Waals surface area contributed by atoms with Crippen molar-refractivity contribution in [3.05, 3.63) is 59.7 Å². The fourth-order valence-corrected chi connectivity index (χ4v) is 1.84. The Balaban J connectivity index is 2.05. The Bertz CT molecular complexity index is 619. The van der Waals surface area contributed by atoms with Gasteiger partial charge in [-0.1, -0.05) is 32.0 Å². The molecule has 3 nitrogen and oxygen atoms in total. The molecule has 0 aliphatic carbocycles. The van der Waals surface area contributed by atoms with Gasteiger partial charge < -0.3 is 10.6 Å². The summed E-state index contributed by atoms with van der Waals surface area (Å²) in [4.78, 5) is 11.7. The van der Waals surface area contributed by atoms with E-state index in [-0.39, 0.29) is 0 Å². The van der Waals surface area contributed by atoms with Crippen LogP contribution in [0.25, 0.3) is 0 Å². The second-order valence-electron chi connectivity index (χ2n) is 4.95. The van der Waals surface area contributed by atoms with Crippen molar-refractivity contribution in [2.75, 3.05) is 10.6 Å². The predicted molar refractivity (Wildman–Crippen MR) is 79.5 cm³/mol. The van der Waals surface area contributed by atoms with Crippen molar-refractivity contribution in [1.82, 2.24) is 0 Å². The number of amides is 2. The highest BCUT2D eigenvalue weighted by atomic mass is 19.1. The van der Waals surface area contributed by atoms with Crippen molar-refractivity contribution in [3.8, 4) is 0 Å². The van der Waals surface area contributed by atoms with Gasteiger partial charge in [-0.05, 0) is 35.7 Å². The third kappa shape index (κ3) is 3.78. The fourth-order valence-electron chi connectivity index (χ4n) is 1.84. The molecule has 0 radical (unpaired) electrons. The van der Waals surface area contributed by atoms with Crippen LogP contribution in [0.3, 0.4) is 0 Å². The molecule has 0 bridgehead atoms. The molecule has 2 aromatic rings. The molecule has 0 aromatic heterocycles. The first-order chi connectivity index (χ1) is 9.97. The predicted octanol–water partition coefficient (Wildman–Crippen LogP) is 4.73. The van der Waals surface area contributed by atoms with Crippen LogP contribution in [0.1, 0.15) is 25.3 Å². The molecule has 2 aromatic carbocycles. The van der Waals surface area contributed by atoms with Crippen LogP contribution in [0, 0.1) is 11.6 Å². The first kappa shape index (κ1) is 15.0. The molecule has 110 valence electrons. The lowest BCUT2D eigenvalue weighted by Crippen LogP contribution is -2.20. The van der Waals surface area contributed by atoms with E-state index in [0.717, 1.165) is 17.7 Å². The summed E-state index contributed by atoms with van der Waals surface area (Å²) in [6.45, 7) is 4.13. The maximum absolute atomic E-state index is 13.4. The van der Waals surface area contributed by atoms with Crippen LogP contribution in [0.15, 0.2) is 42.5 Å². The van der Waals surface area contributed by atoms with Crippen LogP contribution in [0.5, 0.6) is 0 Å². The van der Waals surface area contributed by atoms with Crippen molar-refractivity contribution in [2.45, 2.75) is 19.8 Å². The summed E-state index contributed by atoms with van der Waals surface area (Å²) in [6, 6.07) is 9.97. The number of nitrogens with one attached hydrogen (secondary N) is 2. The smallest absolute Gasteiger partial charge is 0.308 e. The van der Waals surface area contributed by atoms with E-state index in [9.17, 15) is 13.6 Å². The first-order valence-corrected chi connectivity index (χ1v) is 6.59. The molecule has 5 heteroatoms. The van der Waals surface area contributed by atoms with Gasteiger partial charge in [0.25, 0.3) is 0 Å². The standard InChI is InChI=1S/C16H16F2N2O/c1-10(2)11-6-8-12(9-7-11)19-16(21)20-15-13(17)4-3-5-14(15)18/h3-10H,1-2H3,(H2,19,20,21). The third-order valence-corrected chi connectivity index (χ3v) is 3.04. The van der Waals surface area contributed by atoms with Gasteiger partial charge in [-0.3, -0.25) is 0 Å². The quantitative estimate of drug-likeness (QED) is 0.842. The Morgan fingerprint density at radius 3 is 2.05 bits per heavy atom. The van der Waals surface area contributed by atoms with E-state index in [1.54, 1.807) is 12.1 Å². The molecule has 0 atom stereocenters. The van der Waals surface area contributed by atoms with Gasteiger partial charge in [-0.15, -0.1) is 0 Å². The van der Waals surface area contributed by atoms with Crippen molar-refractivity contribution in [1.29, 1.82) is 0 Å². The summed E-state index contributed by atoms with van der Waals surface area (Å²) in [7, 11) is 0. The van der Waals surface area contributed by atoms with E-state index in [0.29, 0.717) is 11.6 Å². The lowest BCUT2D eigenvalue weighted by atomic mass is 10.0. The van der Waals surface area contributed by atoms with E-state index < -0.39 is 23.4 Å². The van der Waals surface area contributed by atoms with E-state index >= 15 is 0 Å². The van der Waals surface area contributed by atoms with E-state index in [2.05, 4.69) is 24.5 Å². The van der Waals surface area contributed by atoms with Gasteiger partial charge in [0.15, 0.2) is 0 Å². The molecule has 0 unspecified atom stereocenters. The number of hydrogen-bond donors (Lipinski definition) is 2. The van der Waals surface area contributed by atoms with Crippen molar-refractivity contribution in [3.63, 3.8) is 0 Å². The molecular weight excluding hydrogens is 274 g/mol. The Morgan fingerprint density at radius 1 is 0.952 bits per heavy atom. The third-order valence-electron chi connectivity index (χ3n) is 3.04. The van der Waals surface area contributed by atoms with Crippen LogP contribution in [0.2, 0.25) is 0 Å². The summed E-state index contributed by atoms with van der Waals surface area (Å²) in [6.07, 6.45) is 0. The highest BCUT2D eigenvalue weighted by molar-refractivity contribution is 5.99. The van der Waals surface area contributed by atoms with Gasteiger partial charge >= 0.3 is 6.03 Å². The van der Waals surface area contributed by atoms with Crippen molar-refractivity contribution in [2.24, 2.45) is 0 Å². The lowest BCUT2D eigenvalue weighted by molar-refractivity contribution is 0.262. The lowest BCUT2D eigenvalue weighted by Gasteiger charge is -2.10. The molecule has 2 N–H and O–H groups in total. The minimum Gasteiger partial charge on any atom is -0.308 e. The van der Waals surface area contributed by atoms with Gasteiger partial charge in [-0.2, -0.15) is 0 Å². The minimum absolute atomic E-state index is 0.389. The van der Waals surface area contributed by atoms with Crippen molar-refractivity contribution < 1.29 is 13.6 Å². The van der Waals surface area contributed by atoms with E-state index in [1.165, 1.54) is 6.07 Å². The number of urea groups is 1. The number of benzene rings is 2. The maximum atomic E-state index is 13.4.